The lowest BCUT2D eigenvalue weighted by Crippen LogP contribution is -2.43. The molecular weight excluding hydrogens is 824 g/mol. The van der Waals surface area contributed by atoms with Crippen LogP contribution in [0.25, 0.3) is 10.1 Å². The van der Waals surface area contributed by atoms with E-state index in [1.54, 1.807) is 17.2 Å². The fourth-order valence-corrected chi connectivity index (χ4v) is 10.7. The quantitative estimate of drug-likeness (QED) is 0.100. The normalized spacial score (nSPS) is 18.5. The Kier molecular flexibility index (Phi) is 19.3. The number of amides is 3. The van der Waals surface area contributed by atoms with Gasteiger partial charge < -0.3 is 24.6 Å². The Morgan fingerprint density at radius 2 is 1.61 bits per heavy atom. The van der Waals surface area contributed by atoms with Crippen LogP contribution in [-0.4, -0.2) is 93.6 Å². The molecule has 3 aromatic rings. The smallest absolute Gasteiger partial charge is 0.258 e. The summed E-state index contributed by atoms with van der Waals surface area (Å²) in [5.74, 6) is 2.35. The highest BCUT2D eigenvalue weighted by molar-refractivity contribution is 8.14. The molecule has 59 heavy (non-hydrogen) atoms. The molecule has 3 fully saturated rings. The molecule has 0 saturated carbocycles. The number of nitrogens with two attached hydrogens (primary N) is 1. The summed E-state index contributed by atoms with van der Waals surface area (Å²) >= 11 is 3.92. The second-order valence-corrected chi connectivity index (χ2v) is 22.1. The minimum atomic E-state index is -1.25. The highest BCUT2D eigenvalue weighted by Gasteiger charge is 2.30. The third-order valence-electron chi connectivity index (χ3n) is 10.2. The number of carbonyl (C=O) groups is 5. The van der Waals surface area contributed by atoms with E-state index in [4.69, 9.17) is 14.8 Å². The Morgan fingerprint density at radius 1 is 0.949 bits per heavy atom. The first-order valence-corrected chi connectivity index (χ1v) is 24.7. The van der Waals surface area contributed by atoms with Gasteiger partial charge in [-0.1, -0.05) is 84.1 Å². The van der Waals surface area contributed by atoms with E-state index >= 15 is 0 Å². The van der Waals surface area contributed by atoms with E-state index in [1.807, 2.05) is 72.0 Å². The number of benzene rings is 1. The minimum absolute atomic E-state index is 0.131. The maximum Gasteiger partial charge on any atom is 0.258 e. The highest BCUT2D eigenvalue weighted by atomic mass is 32.2. The zero-order valence-corrected chi connectivity index (χ0v) is 39.1. The molecule has 3 saturated heterocycles. The van der Waals surface area contributed by atoms with Crippen LogP contribution >= 0.6 is 43.2 Å². The van der Waals surface area contributed by atoms with Crippen molar-refractivity contribution in [3.63, 3.8) is 0 Å². The van der Waals surface area contributed by atoms with Crippen molar-refractivity contribution in [1.29, 1.82) is 0 Å². The molecule has 2 N–H and O–H groups in total. The number of likely N-dealkylation sites (tertiary alicyclic amines) is 1. The van der Waals surface area contributed by atoms with E-state index in [2.05, 4.69) is 22.9 Å². The molecule has 0 bridgehead atoms. The largest absolute Gasteiger partial charge is 0.365 e. The molecule has 324 valence electrons. The fraction of sp³-hybridized carbons (Fsp3) is 0.591. The van der Waals surface area contributed by atoms with Crippen molar-refractivity contribution in [2.75, 3.05) is 44.4 Å². The van der Waals surface area contributed by atoms with Crippen LogP contribution in [0.3, 0.4) is 0 Å². The van der Waals surface area contributed by atoms with Crippen molar-refractivity contribution in [2.45, 2.75) is 105 Å². The van der Waals surface area contributed by atoms with Crippen LogP contribution in [-0.2, 0) is 34.4 Å². The van der Waals surface area contributed by atoms with E-state index in [0.717, 1.165) is 60.5 Å². The van der Waals surface area contributed by atoms with Crippen LogP contribution in [0.1, 0.15) is 114 Å². The third kappa shape index (κ3) is 16.2. The van der Waals surface area contributed by atoms with E-state index in [1.165, 1.54) is 66.1 Å². The second kappa shape index (κ2) is 23.4. The average molecular weight is 887 g/mol. The summed E-state index contributed by atoms with van der Waals surface area (Å²) in [6, 6.07) is 12.4. The summed E-state index contributed by atoms with van der Waals surface area (Å²) in [6.07, 6.45) is 12.0. The molecule has 0 spiro atoms. The van der Waals surface area contributed by atoms with Crippen molar-refractivity contribution in [2.24, 2.45) is 22.5 Å². The Hall–Kier alpha value is -2.87. The molecular formula is C44H63N4O7PS3. The van der Waals surface area contributed by atoms with Crippen LogP contribution in [0.2, 0.25) is 0 Å². The fourth-order valence-electron chi connectivity index (χ4n) is 6.60. The first kappa shape index (κ1) is 48.8. The molecule has 3 aliphatic heterocycles. The minimum Gasteiger partial charge on any atom is -0.365 e. The van der Waals surface area contributed by atoms with Crippen molar-refractivity contribution >= 4 is 81.8 Å². The summed E-state index contributed by atoms with van der Waals surface area (Å²) in [4.78, 5) is 66.2. The summed E-state index contributed by atoms with van der Waals surface area (Å²) in [7, 11) is -1.25. The summed E-state index contributed by atoms with van der Waals surface area (Å²) in [6.45, 7) is 17.2. The summed E-state index contributed by atoms with van der Waals surface area (Å²) < 4.78 is 13.1. The zero-order chi connectivity index (χ0) is 43.2. The van der Waals surface area contributed by atoms with E-state index < -0.39 is 14.3 Å². The first-order chi connectivity index (χ1) is 27.9. The van der Waals surface area contributed by atoms with Crippen LogP contribution in [0, 0.1) is 16.7 Å². The first-order valence-electron chi connectivity index (χ1n) is 20.5. The number of hydrogen-bond acceptors (Lipinski definition) is 11. The molecule has 2 atom stereocenters. The van der Waals surface area contributed by atoms with Gasteiger partial charge in [0.15, 0.2) is 18.6 Å². The molecule has 0 radical (unpaired) electrons. The van der Waals surface area contributed by atoms with Gasteiger partial charge in [-0.3, -0.25) is 29.0 Å². The Morgan fingerprint density at radius 3 is 2.19 bits per heavy atom. The van der Waals surface area contributed by atoms with E-state index in [9.17, 15) is 24.0 Å². The lowest BCUT2D eigenvalue weighted by Gasteiger charge is -2.36. The van der Waals surface area contributed by atoms with E-state index in [-0.39, 0.29) is 21.1 Å². The number of hydrogen-bond donors (Lipinski definition) is 1. The van der Waals surface area contributed by atoms with Gasteiger partial charge in [0.25, 0.3) is 5.91 Å². The van der Waals surface area contributed by atoms with Crippen molar-refractivity contribution < 1.29 is 33.0 Å². The van der Waals surface area contributed by atoms with Gasteiger partial charge in [-0.25, -0.2) is 0 Å². The number of thiophene rings is 1. The lowest BCUT2D eigenvalue weighted by atomic mass is 9.93. The van der Waals surface area contributed by atoms with Crippen LogP contribution < -0.4 is 5.73 Å². The maximum absolute atomic E-state index is 12.1. The molecule has 3 aliphatic rings. The number of primary amides is 1. The molecule has 3 amide bonds. The highest BCUT2D eigenvalue weighted by Crippen LogP contribution is 2.43. The number of carbonyl (C=O) groups excluding carboxylic acids is 5. The number of aromatic nitrogens is 1. The molecule has 5 heterocycles. The van der Waals surface area contributed by atoms with Crippen LogP contribution in [0.5, 0.6) is 0 Å². The van der Waals surface area contributed by atoms with Gasteiger partial charge in [0.05, 0.1) is 18.1 Å². The Bertz CT molecular complexity index is 1810. The average Bonchev–Trinajstić information content (AvgIpc) is 3.83. The second-order valence-electron chi connectivity index (χ2n) is 17.4. The zero-order valence-electron chi connectivity index (χ0n) is 35.8. The summed E-state index contributed by atoms with van der Waals surface area (Å²) in [5.41, 5.74) is 6.90. The van der Waals surface area contributed by atoms with Gasteiger partial charge in [-0.2, -0.15) is 0 Å². The van der Waals surface area contributed by atoms with Crippen LogP contribution in [0.15, 0.2) is 48.8 Å². The Balaban J connectivity index is 0.000000246. The predicted molar refractivity (Wildman–Crippen MR) is 244 cm³/mol. The van der Waals surface area contributed by atoms with Gasteiger partial charge in [-0.05, 0) is 78.8 Å². The molecule has 0 aliphatic carbocycles. The topological polar surface area (TPSA) is 149 Å². The molecule has 15 heteroatoms. The van der Waals surface area contributed by atoms with Gasteiger partial charge >= 0.3 is 0 Å². The number of fused-ring (bicyclic) bond motifs is 2. The number of thioether (sulfide) groups is 2. The molecule has 2 aromatic heterocycles. The monoisotopic (exact) mass is 886 g/mol. The molecule has 11 nitrogen and oxygen atoms in total. The maximum atomic E-state index is 12.1. The number of nitrogens with zero attached hydrogens (tertiary/aromatic N) is 3. The van der Waals surface area contributed by atoms with Crippen molar-refractivity contribution in [3.8, 4) is 0 Å². The molecule has 1 unspecified atom stereocenters. The predicted octanol–water partition coefficient (Wildman–Crippen LogP) is 9.28. The standard InChI is InChI=1S/C24H34NO5PS3.C11H19NO.C9H10N2O/c1-23(2,3)21(27)32-11-9-29-31(30-10-12-33-22(28)24(4,5)6)15-16-7-8-18-17(13-16)14-19(34-18)20(25)26;1-9-4-6-10-3-2-8-12(10)11(13)7-5-9;12-7-11-5-9(6-11)8-2-1-3-10-4-8/h7-8,13-14H,9-12,15H2,1-6H3,(H2,25,26);9-10H,2-8H2,1H3;1-4,7,9H,5-6H2/t;9-,10?;/m.0./s1. The van der Waals surface area contributed by atoms with Gasteiger partial charge in [0, 0.05) is 83.6 Å². The SMILES string of the molecule is CC(C)(C)C(=O)SCCOP(Cc1ccc2sc(C(N)=O)cc2c1)OCCSC(=O)C(C)(C)C.C[C@@H]1CCC(=O)N2CCCC2CC1.O=CN1CC(c2cccnc2)C1. The molecule has 6 rings (SSSR count). The number of pyridine rings is 1. The Labute approximate surface area is 364 Å². The van der Waals surface area contributed by atoms with E-state index in [0.29, 0.717) is 53.6 Å². The van der Waals surface area contributed by atoms with Crippen LogP contribution in [0.4, 0.5) is 0 Å². The number of rotatable bonds is 13. The van der Waals surface area contributed by atoms with Crippen molar-refractivity contribution in [3.05, 3.63) is 64.8 Å². The lowest BCUT2D eigenvalue weighted by molar-refractivity contribution is -0.133. The van der Waals surface area contributed by atoms with Gasteiger partial charge in [-0.15, -0.1) is 11.3 Å². The van der Waals surface area contributed by atoms with Gasteiger partial charge in [0.2, 0.25) is 12.3 Å². The van der Waals surface area contributed by atoms with Crippen molar-refractivity contribution in [1.82, 2.24) is 14.8 Å². The van der Waals surface area contributed by atoms with Gasteiger partial charge in [0.1, 0.15) is 0 Å². The summed E-state index contributed by atoms with van der Waals surface area (Å²) in [5, 5.41) is 1.22. The molecule has 1 aromatic carbocycles. The third-order valence-corrected chi connectivity index (χ3v) is 15.4.